The molecule has 3 heteroatoms. The minimum Gasteiger partial charge on any atom is -0.361 e. The van der Waals surface area contributed by atoms with E-state index in [2.05, 4.69) is 11.1 Å². The number of nitrogens with two attached hydrogens (primary N) is 1. The highest BCUT2D eigenvalue weighted by Gasteiger charge is 2.05. The molecule has 2 rings (SSSR count). The van der Waals surface area contributed by atoms with Crippen LogP contribution >= 0.6 is 0 Å². The molecule has 1 atom stereocenters. The number of H-pyrrole nitrogens is 1. The Morgan fingerprint density at radius 1 is 1.43 bits per heavy atom. The Morgan fingerprint density at radius 3 is 3.00 bits per heavy atom. The van der Waals surface area contributed by atoms with Crippen LogP contribution in [0.5, 0.6) is 0 Å². The molecule has 1 unspecified atom stereocenters. The van der Waals surface area contributed by atoms with Gasteiger partial charge in [-0.05, 0) is 18.1 Å². The first-order valence-corrected chi connectivity index (χ1v) is 4.62. The monoisotopic (exact) mass is 187 g/mol. The lowest BCUT2D eigenvalue weighted by Crippen LogP contribution is -2.23. The van der Waals surface area contributed by atoms with Gasteiger partial charge in [-0.1, -0.05) is 18.2 Å². The van der Waals surface area contributed by atoms with Crippen molar-refractivity contribution in [2.45, 2.75) is 12.5 Å². The van der Waals surface area contributed by atoms with Crippen molar-refractivity contribution >= 4 is 17.1 Å². The van der Waals surface area contributed by atoms with Crippen LogP contribution in [0.15, 0.2) is 30.5 Å². The summed E-state index contributed by atoms with van der Waals surface area (Å²) < 4.78 is 0. The summed E-state index contributed by atoms with van der Waals surface area (Å²) in [5, 5.41) is 8.26. The molecule has 0 aliphatic rings. The van der Waals surface area contributed by atoms with E-state index in [1.165, 1.54) is 17.2 Å². The summed E-state index contributed by atoms with van der Waals surface area (Å²) in [4.78, 5) is 3.19. The van der Waals surface area contributed by atoms with Crippen LogP contribution in [0, 0.1) is 5.41 Å². The van der Waals surface area contributed by atoms with Crippen LogP contribution < -0.4 is 5.73 Å². The number of aromatic amines is 1. The van der Waals surface area contributed by atoms with Crippen molar-refractivity contribution < 1.29 is 0 Å². The summed E-state index contributed by atoms with van der Waals surface area (Å²) in [6.07, 6.45) is 3.96. The van der Waals surface area contributed by atoms with Crippen LogP contribution in [-0.2, 0) is 6.42 Å². The van der Waals surface area contributed by atoms with Gasteiger partial charge in [0.1, 0.15) is 0 Å². The Kier molecular flexibility index (Phi) is 2.33. The number of aromatic nitrogens is 1. The molecule has 0 bridgehead atoms. The first-order valence-electron chi connectivity index (χ1n) is 4.62. The van der Waals surface area contributed by atoms with E-state index in [4.69, 9.17) is 11.1 Å². The zero-order chi connectivity index (χ0) is 9.97. The van der Waals surface area contributed by atoms with E-state index >= 15 is 0 Å². The van der Waals surface area contributed by atoms with Crippen molar-refractivity contribution in [1.82, 2.24) is 4.98 Å². The number of fused-ring (bicyclic) bond motifs is 1. The lowest BCUT2D eigenvalue weighted by atomic mass is 10.1. The molecule has 4 N–H and O–H groups in total. The fourth-order valence-corrected chi connectivity index (χ4v) is 1.61. The molecule has 1 aromatic heterocycles. The van der Waals surface area contributed by atoms with Gasteiger partial charge in [-0.15, -0.1) is 0 Å². The molecule has 0 saturated carbocycles. The molecule has 1 aromatic carbocycles. The lowest BCUT2D eigenvalue weighted by Gasteiger charge is -2.02. The summed E-state index contributed by atoms with van der Waals surface area (Å²) in [6.45, 7) is 0. The number of rotatable bonds is 3. The second-order valence-electron chi connectivity index (χ2n) is 3.39. The maximum atomic E-state index is 7.06. The summed E-state index contributed by atoms with van der Waals surface area (Å²) in [6, 6.07) is 7.93. The highest BCUT2D eigenvalue weighted by atomic mass is 14.7. The predicted molar refractivity (Wildman–Crippen MR) is 58.8 cm³/mol. The highest BCUT2D eigenvalue weighted by molar-refractivity contribution is 5.83. The fraction of sp³-hybridized carbons (Fsp3) is 0.182. The molecule has 0 saturated heterocycles. The van der Waals surface area contributed by atoms with Crippen molar-refractivity contribution in [3.63, 3.8) is 0 Å². The standard InChI is InChI=1S/C11H13N3/c12-6-9(13)5-8-7-14-11-4-2-1-3-10(8)11/h1-4,6-7,9,12,14H,5,13H2. The third kappa shape index (κ3) is 1.54. The van der Waals surface area contributed by atoms with E-state index < -0.39 is 0 Å². The van der Waals surface area contributed by atoms with Gasteiger partial charge in [0.2, 0.25) is 0 Å². The van der Waals surface area contributed by atoms with Crippen molar-refractivity contribution in [1.29, 1.82) is 5.41 Å². The van der Waals surface area contributed by atoms with Crippen LogP contribution in [0.1, 0.15) is 5.56 Å². The number of benzene rings is 1. The van der Waals surface area contributed by atoms with E-state index in [9.17, 15) is 0 Å². The van der Waals surface area contributed by atoms with Crippen LogP contribution in [0.4, 0.5) is 0 Å². The topological polar surface area (TPSA) is 65.7 Å². The fourth-order valence-electron chi connectivity index (χ4n) is 1.61. The second-order valence-corrected chi connectivity index (χ2v) is 3.39. The van der Waals surface area contributed by atoms with E-state index in [0.29, 0.717) is 6.42 Å². The Bertz CT molecular complexity index is 444. The molecule has 2 aromatic rings. The summed E-state index contributed by atoms with van der Waals surface area (Å²) in [5.41, 5.74) is 8.00. The van der Waals surface area contributed by atoms with Gasteiger partial charge >= 0.3 is 0 Å². The number of nitrogens with one attached hydrogen (secondary N) is 2. The molecular weight excluding hydrogens is 174 g/mol. The zero-order valence-electron chi connectivity index (χ0n) is 7.83. The Balaban J connectivity index is 2.38. The second kappa shape index (κ2) is 3.64. The minimum absolute atomic E-state index is 0.186. The molecule has 1 heterocycles. The molecule has 0 aliphatic carbocycles. The van der Waals surface area contributed by atoms with Gasteiger partial charge in [-0.2, -0.15) is 0 Å². The van der Waals surface area contributed by atoms with E-state index in [-0.39, 0.29) is 6.04 Å². The number of hydrogen-bond acceptors (Lipinski definition) is 2. The quantitative estimate of drug-likeness (QED) is 0.629. The molecular formula is C11H13N3. The lowest BCUT2D eigenvalue weighted by molar-refractivity contribution is 0.865. The zero-order valence-corrected chi connectivity index (χ0v) is 7.83. The van der Waals surface area contributed by atoms with Crippen molar-refractivity contribution in [2.24, 2.45) is 5.73 Å². The van der Waals surface area contributed by atoms with Crippen LogP contribution in [0.25, 0.3) is 10.9 Å². The van der Waals surface area contributed by atoms with Gasteiger partial charge < -0.3 is 16.1 Å². The maximum absolute atomic E-state index is 7.06. The smallest absolute Gasteiger partial charge is 0.0456 e. The van der Waals surface area contributed by atoms with E-state index in [1.807, 2.05) is 24.4 Å². The van der Waals surface area contributed by atoms with Gasteiger partial charge in [0, 0.05) is 29.4 Å². The third-order valence-electron chi connectivity index (χ3n) is 2.34. The van der Waals surface area contributed by atoms with E-state index in [0.717, 1.165) is 5.52 Å². The third-order valence-corrected chi connectivity index (χ3v) is 2.34. The van der Waals surface area contributed by atoms with Crippen molar-refractivity contribution in [3.8, 4) is 0 Å². The van der Waals surface area contributed by atoms with Crippen LogP contribution in [-0.4, -0.2) is 17.2 Å². The number of hydrogen-bond donors (Lipinski definition) is 3. The SMILES string of the molecule is N=CC(N)Cc1c[nH]c2ccccc12. The average molecular weight is 187 g/mol. The molecule has 72 valence electrons. The summed E-state index contributed by atoms with van der Waals surface area (Å²) >= 11 is 0. The molecule has 0 amide bonds. The molecule has 3 nitrogen and oxygen atoms in total. The van der Waals surface area contributed by atoms with Crippen molar-refractivity contribution in [3.05, 3.63) is 36.0 Å². The Labute approximate surface area is 82.4 Å². The average Bonchev–Trinajstić information content (AvgIpc) is 2.62. The van der Waals surface area contributed by atoms with Crippen LogP contribution in [0.2, 0.25) is 0 Å². The van der Waals surface area contributed by atoms with Gasteiger partial charge in [0.25, 0.3) is 0 Å². The first kappa shape index (κ1) is 8.97. The number of para-hydroxylation sites is 1. The summed E-state index contributed by atoms with van der Waals surface area (Å²) in [7, 11) is 0. The molecule has 0 radical (unpaired) electrons. The van der Waals surface area contributed by atoms with Gasteiger partial charge in [0.15, 0.2) is 0 Å². The molecule has 0 aliphatic heterocycles. The van der Waals surface area contributed by atoms with Gasteiger partial charge in [-0.25, -0.2) is 0 Å². The highest BCUT2D eigenvalue weighted by Crippen LogP contribution is 2.18. The Morgan fingerprint density at radius 2 is 2.21 bits per heavy atom. The first-order chi connectivity index (χ1) is 6.81. The minimum atomic E-state index is -0.186. The Hall–Kier alpha value is -1.61. The normalized spacial score (nSPS) is 12.9. The van der Waals surface area contributed by atoms with E-state index in [1.54, 1.807) is 0 Å². The van der Waals surface area contributed by atoms with Crippen molar-refractivity contribution in [2.75, 3.05) is 0 Å². The maximum Gasteiger partial charge on any atom is 0.0456 e. The predicted octanol–water partition coefficient (Wildman–Crippen LogP) is 1.69. The largest absolute Gasteiger partial charge is 0.361 e. The van der Waals surface area contributed by atoms with Gasteiger partial charge in [0.05, 0.1) is 0 Å². The molecule has 0 spiro atoms. The van der Waals surface area contributed by atoms with Gasteiger partial charge in [-0.3, -0.25) is 0 Å². The molecule has 14 heavy (non-hydrogen) atoms. The molecule has 0 fully saturated rings. The van der Waals surface area contributed by atoms with Crippen LogP contribution in [0.3, 0.4) is 0 Å². The summed E-state index contributed by atoms with van der Waals surface area (Å²) in [5.74, 6) is 0.